The van der Waals surface area contributed by atoms with Gasteiger partial charge in [-0.3, -0.25) is 9.59 Å². The second-order valence-electron chi connectivity index (χ2n) is 8.58. The zero-order valence-corrected chi connectivity index (χ0v) is 19.2. The number of piperidine rings is 2. The van der Waals surface area contributed by atoms with Crippen LogP contribution in [0.15, 0.2) is 53.4 Å². The first-order valence-corrected chi connectivity index (χ1v) is 12.7. The minimum atomic E-state index is -3.80. The lowest BCUT2D eigenvalue weighted by atomic mass is 9.98. The van der Waals surface area contributed by atoms with Gasteiger partial charge in [-0.25, -0.2) is 12.8 Å². The summed E-state index contributed by atoms with van der Waals surface area (Å²) in [5.74, 6) is -1.26. The Kier molecular flexibility index (Phi) is 7.09. The molecule has 0 spiro atoms. The summed E-state index contributed by atoms with van der Waals surface area (Å²) >= 11 is 0. The standard InChI is InChI=1S/C24H28FN3O4S/c25-20-8-12-22(13-9-20)33(31,32)28-16-4-5-19(17-28)23(29)26-21-10-6-18(7-11-21)24(30)27-14-2-1-3-15-27/h6-13,19H,1-5,14-17H2,(H,26,29)/t19-/m0/s1. The van der Waals surface area contributed by atoms with E-state index in [1.807, 2.05) is 4.90 Å². The lowest BCUT2D eigenvalue weighted by Gasteiger charge is -2.31. The van der Waals surface area contributed by atoms with Crippen LogP contribution in [-0.4, -0.2) is 55.6 Å². The molecule has 1 atom stereocenters. The highest BCUT2D eigenvalue weighted by Crippen LogP contribution is 2.25. The first-order chi connectivity index (χ1) is 15.8. The summed E-state index contributed by atoms with van der Waals surface area (Å²) < 4.78 is 40.2. The van der Waals surface area contributed by atoms with Gasteiger partial charge in [-0.15, -0.1) is 0 Å². The molecule has 9 heteroatoms. The maximum absolute atomic E-state index is 13.2. The van der Waals surface area contributed by atoms with E-state index >= 15 is 0 Å². The number of nitrogens with one attached hydrogen (secondary N) is 1. The van der Waals surface area contributed by atoms with E-state index in [1.165, 1.54) is 16.4 Å². The summed E-state index contributed by atoms with van der Waals surface area (Å²) in [6.45, 7) is 1.93. The van der Waals surface area contributed by atoms with Crippen molar-refractivity contribution in [3.05, 3.63) is 59.9 Å². The van der Waals surface area contributed by atoms with Crippen molar-refractivity contribution >= 4 is 27.5 Å². The molecule has 2 aromatic rings. The van der Waals surface area contributed by atoms with Gasteiger partial charge in [-0.2, -0.15) is 4.31 Å². The van der Waals surface area contributed by atoms with Crippen LogP contribution >= 0.6 is 0 Å². The number of hydrogen-bond donors (Lipinski definition) is 1. The highest BCUT2D eigenvalue weighted by Gasteiger charge is 2.33. The van der Waals surface area contributed by atoms with Crippen molar-refractivity contribution < 1.29 is 22.4 Å². The molecule has 2 saturated heterocycles. The minimum Gasteiger partial charge on any atom is -0.339 e. The van der Waals surface area contributed by atoms with Crippen molar-refractivity contribution in [2.75, 3.05) is 31.5 Å². The Balaban J connectivity index is 1.38. The fourth-order valence-corrected chi connectivity index (χ4v) is 5.87. The quantitative estimate of drug-likeness (QED) is 0.720. The molecule has 0 aromatic heterocycles. The molecule has 2 aliphatic heterocycles. The van der Waals surface area contributed by atoms with Gasteiger partial charge in [0.15, 0.2) is 0 Å². The number of halogens is 1. The zero-order valence-electron chi connectivity index (χ0n) is 18.4. The maximum Gasteiger partial charge on any atom is 0.253 e. The number of nitrogens with zero attached hydrogens (tertiary/aromatic N) is 2. The summed E-state index contributed by atoms with van der Waals surface area (Å²) in [7, 11) is -3.80. The van der Waals surface area contributed by atoms with E-state index in [4.69, 9.17) is 0 Å². The number of amides is 2. The van der Waals surface area contributed by atoms with E-state index in [-0.39, 0.29) is 23.3 Å². The van der Waals surface area contributed by atoms with E-state index in [2.05, 4.69) is 5.32 Å². The third-order valence-electron chi connectivity index (χ3n) is 6.25. The van der Waals surface area contributed by atoms with Gasteiger partial charge < -0.3 is 10.2 Å². The summed E-state index contributed by atoms with van der Waals surface area (Å²) in [6.07, 6.45) is 4.33. The van der Waals surface area contributed by atoms with E-state index in [9.17, 15) is 22.4 Å². The molecule has 0 bridgehead atoms. The number of sulfonamides is 1. The molecule has 2 aliphatic rings. The molecule has 1 N–H and O–H groups in total. The molecule has 176 valence electrons. The summed E-state index contributed by atoms with van der Waals surface area (Å²) in [5.41, 5.74) is 1.15. The fraction of sp³-hybridized carbons (Fsp3) is 0.417. The van der Waals surface area contributed by atoms with Crippen molar-refractivity contribution in [2.24, 2.45) is 5.92 Å². The Morgan fingerprint density at radius 3 is 2.21 bits per heavy atom. The fourth-order valence-electron chi connectivity index (χ4n) is 4.35. The molecule has 0 aliphatic carbocycles. The smallest absolute Gasteiger partial charge is 0.253 e. The maximum atomic E-state index is 13.2. The first-order valence-electron chi connectivity index (χ1n) is 11.3. The van der Waals surface area contributed by atoms with E-state index in [0.717, 1.165) is 44.5 Å². The van der Waals surface area contributed by atoms with Crippen molar-refractivity contribution in [3.63, 3.8) is 0 Å². The summed E-state index contributed by atoms with van der Waals surface area (Å²) in [5, 5.41) is 2.84. The van der Waals surface area contributed by atoms with E-state index < -0.39 is 21.8 Å². The van der Waals surface area contributed by atoms with E-state index in [0.29, 0.717) is 30.6 Å². The van der Waals surface area contributed by atoms with Crippen LogP contribution in [0.5, 0.6) is 0 Å². The van der Waals surface area contributed by atoms with Crippen molar-refractivity contribution in [2.45, 2.75) is 37.0 Å². The minimum absolute atomic E-state index is 0.00139. The van der Waals surface area contributed by atoms with Crippen LogP contribution in [0.25, 0.3) is 0 Å². The van der Waals surface area contributed by atoms with Crippen molar-refractivity contribution in [1.29, 1.82) is 0 Å². The van der Waals surface area contributed by atoms with Crippen LogP contribution < -0.4 is 5.32 Å². The SMILES string of the molecule is O=C(Nc1ccc(C(=O)N2CCCCC2)cc1)[C@H]1CCCN(S(=O)(=O)c2ccc(F)cc2)C1. The number of likely N-dealkylation sites (tertiary alicyclic amines) is 1. The number of benzene rings is 2. The molecule has 2 fully saturated rings. The Morgan fingerprint density at radius 1 is 0.879 bits per heavy atom. The predicted molar refractivity (Wildman–Crippen MR) is 123 cm³/mol. The third-order valence-corrected chi connectivity index (χ3v) is 8.13. The van der Waals surface area contributed by atoms with Crippen LogP contribution in [0.2, 0.25) is 0 Å². The average Bonchev–Trinajstić information content (AvgIpc) is 2.85. The second-order valence-corrected chi connectivity index (χ2v) is 10.5. The van der Waals surface area contributed by atoms with Gasteiger partial charge in [0.05, 0.1) is 10.8 Å². The average molecular weight is 474 g/mol. The Hall–Kier alpha value is -2.78. The molecule has 2 amide bonds. The Morgan fingerprint density at radius 2 is 1.55 bits per heavy atom. The highest BCUT2D eigenvalue weighted by atomic mass is 32.2. The van der Waals surface area contributed by atoms with Crippen LogP contribution in [0.3, 0.4) is 0 Å². The number of hydrogen-bond acceptors (Lipinski definition) is 4. The Labute approximate surface area is 193 Å². The Bertz CT molecular complexity index is 1100. The van der Waals surface area contributed by atoms with Gasteiger partial charge in [0.2, 0.25) is 15.9 Å². The number of carbonyl (C=O) groups is 2. The molecule has 0 radical (unpaired) electrons. The van der Waals surface area contributed by atoms with Gasteiger partial charge in [0.1, 0.15) is 5.82 Å². The monoisotopic (exact) mass is 473 g/mol. The highest BCUT2D eigenvalue weighted by molar-refractivity contribution is 7.89. The molecule has 0 unspecified atom stereocenters. The summed E-state index contributed by atoms with van der Waals surface area (Å²) in [4.78, 5) is 27.3. The number of rotatable bonds is 5. The largest absolute Gasteiger partial charge is 0.339 e. The molecule has 0 saturated carbocycles. The molecule has 7 nitrogen and oxygen atoms in total. The van der Waals surface area contributed by atoms with Crippen molar-refractivity contribution in [1.82, 2.24) is 9.21 Å². The van der Waals surface area contributed by atoms with Crippen LogP contribution in [0.4, 0.5) is 10.1 Å². The molecular formula is C24H28FN3O4S. The molecule has 4 rings (SSSR count). The topological polar surface area (TPSA) is 86.8 Å². The molecule has 33 heavy (non-hydrogen) atoms. The second kappa shape index (κ2) is 10.0. The number of anilines is 1. The van der Waals surface area contributed by atoms with Gasteiger partial charge in [-0.05, 0) is 80.6 Å². The molecule has 2 heterocycles. The first kappa shape index (κ1) is 23.4. The van der Waals surface area contributed by atoms with Gasteiger partial charge in [-0.1, -0.05) is 0 Å². The lowest BCUT2D eigenvalue weighted by molar-refractivity contribution is -0.120. The van der Waals surface area contributed by atoms with Crippen LogP contribution in [0, 0.1) is 11.7 Å². The lowest BCUT2D eigenvalue weighted by Crippen LogP contribution is -2.43. The van der Waals surface area contributed by atoms with Gasteiger partial charge in [0, 0.05) is 37.4 Å². The van der Waals surface area contributed by atoms with Crippen molar-refractivity contribution in [3.8, 4) is 0 Å². The van der Waals surface area contributed by atoms with Crippen LogP contribution in [0.1, 0.15) is 42.5 Å². The van der Waals surface area contributed by atoms with Gasteiger partial charge >= 0.3 is 0 Å². The van der Waals surface area contributed by atoms with E-state index in [1.54, 1.807) is 24.3 Å². The van der Waals surface area contributed by atoms with Gasteiger partial charge in [0.25, 0.3) is 5.91 Å². The van der Waals surface area contributed by atoms with Crippen LogP contribution in [-0.2, 0) is 14.8 Å². The zero-order chi connectivity index (χ0) is 23.4. The normalized spacial score (nSPS) is 19.8. The molecule has 2 aromatic carbocycles. The third kappa shape index (κ3) is 5.42. The molecular weight excluding hydrogens is 445 g/mol. The predicted octanol–water partition coefficient (Wildman–Crippen LogP) is 3.49. The number of carbonyl (C=O) groups excluding carboxylic acids is 2. The summed E-state index contributed by atoms with van der Waals surface area (Å²) in [6, 6.07) is 11.5.